The van der Waals surface area contributed by atoms with Crippen LogP contribution in [-0.4, -0.2) is 38.0 Å². The molecule has 0 bridgehead atoms. The summed E-state index contributed by atoms with van der Waals surface area (Å²) in [4.78, 5) is 18.6. The van der Waals surface area contributed by atoms with Gasteiger partial charge in [0.25, 0.3) is 0 Å². The van der Waals surface area contributed by atoms with Gasteiger partial charge in [-0.3, -0.25) is 4.79 Å². The lowest BCUT2D eigenvalue weighted by molar-refractivity contribution is -0.117. The lowest BCUT2D eigenvalue weighted by Crippen LogP contribution is -2.24. The molecule has 20 heavy (non-hydrogen) atoms. The van der Waals surface area contributed by atoms with Crippen LogP contribution in [0, 0.1) is 5.92 Å². The Balaban J connectivity index is 2.04. The molecule has 1 amide bonds. The van der Waals surface area contributed by atoms with Gasteiger partial charge in [0, 0.05) is 36.7 Å². The molecule has 0 aliphatic carbocycles. The van der Waals surface area contributed by atoms with E-state index in [-0.39, 0.29) is 11.8 Å². The third-order valence-corrected chi connectivity index (χ3v) is 3.36. The molecule has 1 aromatic carbocycles. The molecule has 6 nitrogen and oxygen atoms in total. The molecule has 1 fully saturated rings. The van der Waals surface area contributed by atoms with Gasteiger partial charge in [-0.05, 0) is 43.2 Å². The highest BCUT2D eigenvalue weighted by Gasteiger charge is 2.29. The zero-order valence-electron chi connectivity index (χ0n) is 11.9. The monoisotopic (exact) mass is 273 g/mol. The van der Waals surface area contributed by atoms with E-state index >= 15 is 0 Å². The second-order valence-electron chi connectivity index (χ2n) is 5.39. The number of carbonyl (C=O) groups is 1. The molecular formula is C14H19N5O. The van der Waals surface area contributed by atoms with E-state index in [9.17, 15) is 4.79 Å². The summed E-state index contributed by atoms with van der Waals surface area (Å²) >= 11 is 0. The predicted molar refractivity (Wildman–Crippen MR) is 78.3 cm³/mol. The van der Waals surface area contributed by atoms with Crippen LogP contribution in [0.1, 0.15) is 12.0 Å². The van der Waals surface area contributed by atoms with E-state index in [1.54, 1.807) is 4.90 Å². The Morgan fingerprint density at radius 3 is 2.70 bits per heavy atom. The Bertz CT molecular complexity index is 519. The summed E-state index contributed by atoms with van der Waals surface area (Å²) < 4.78 is 0. The number of benzene rings is 1. The normalized spacial score (nSPS) is 18.4. The summed E-state index contributed by atoms with van der Waals surface area (Å²) in [6.07, 6.45) is 0.457. The molecule has 1 unspecified atom stereocenters. The van der Waals surface area contributed by atoms with Crippen molar-refractivity contribution < 1.29 is 4.79 Å². The number of nitrogens with zero attached hydrogens (tertiary/aromatic N) is 5. The molecule has 2 rings (SSSR count). The summed E-state index contributed by atoms with van der Waals surface area (Å²) in [6.45, 7) is 1.90. The molecule has 0 saturated carbocycles. The highest BCUT2D eigenvalue weighted by molar-refractivity contribution is 5.95. The van der Waals surface area contributed by atoms with Gasteiger partial charge < -0.3 is 9.80 Å². The smallest absolute Gasteiger partial charge is 0.227 e. The fraction of sp³-hybridized carbons (Fsp3) is 0.500. The van der Waals surface area contributed by atoms with Crippen molar-refractivity contribution in [3.63, 3.8) is 0 Å². The van der Waals surface area contributed by atoms with Crippen LogP contribution in [-0.2, 0) is 11.3 Å². The van der Waals surface area contributed by atoms with Crippen molar-refractivity contribution in [1.82, 2.24) is 4.90 Å². The first-order valence-corrected chi connectivity index (χ1v) is 6.65. The van der Waals surface area contributed by atoms with Crippen molar-refractivity contribution in [2.24, 2.45) is 11.0 Å². The average molecular weight is 273 g/mol. The molecule has 106 valence electrons. The van der Waals surface area contributed by atoms with Crippen molar-refractivity contribution in [2.45, 2.75) is 13.0 Å². The van der Waals surface area contributed by atoms with Gasteiger partial charge in [-0.1, -0.05) is 17.2 Å². The van der Waals surface area contributed by atoms with Gasteiger partial charge in [0.2, 0.25) is 5.91 Å². The van der Waals surface area contributed by atoms with Crippen molar-refractivity contribution in [1.29, 1.82) is 0 Å². The Morgan fingerprint density at radius 2 is 2.10 bits per heavy atom. The zero-order valence-corrected chi connectivity index (χ0v) is 11.9. The first-order chi connectivity index (χ1) is 9.60. The molecular weight excluding hydrogens is 254 g/mol. The van der Waals surface area contributed by atoms with Crippen LogP contribution in [0.4, 0.5) is 5.69 Å². The topological polar surface area (TPSA) is 72.3 Å². The Hall–Kier alpha value is -2.04. The number of azide groups is 1. The molecule has 0 N–H and O–H groups in total. The maximum atomic E-state index is 12.0. The fourth-order valence-corrected chi connectivity index (χ4v) is 2.45. The van der Waals surface area contributed by atoms with E-state index in [1.165, 1.54) is 5.56 Å². The Labute approximate surface area is 118 Å². The van der Waals surface area contributed by atoms with Crippen LogP contribution in [0.15, 0.2) is 29.4 Å². The third-order valence-electron chi connectivity index (χ3n) is 3.36. The number of amides is 1. The number of hydrogen-bond donors (Lipinski definition) is 0. The highest BCUT2D eigenvalue weighted by atomic mass is 16.2. The lowest BCUT2D eigenvalue weighted by atomic mass is 10.1. The standard InChI is InChI=1S/C14H19N5O/c1-18(2)9-11-3-5-13(6-4-11)19-10-12(7-14(19)20)8-16-17-15/h3-6,12H,7-10H2,1-2H3. The van der Waals surface area contributed by atoms with Crippen molar-refractivity contribution >= 4 is 11.6 Å². The van der Waals surface area contributed by atoms with Gasteiger partial charge in [0.1, 0.15) is 0 Å². The molecule has 0 aromatic heterocycles. The van der Waals surface area contributed by atoms with Crippen LogP contribution in [0.25, 0.3) is 10.4 Å². The van der Waals surface area contributed by atoms with Crippen LogP contribution < -0.4 is 4.90 Å². The van der Waals surface area contributed by atoms with Gasteiger partial charge in [-0.25, -0.2) is 0 Å². The molecule has 1 aromatic rings. The maximum absolute atomic E-state index is 12.0. The summed E-state index contributed by atoms with van der Waals surface area (Å²) in [5.41, 5.74) is 10.5. The van der Waals surface area contributed by atoms with E-state index in [4.69, 9.17) is 5.53 Å². The van der Waals surface area contributed by atoms with Gasteiger partial charge in [0.15, 0.2) is 0 Å². The van der Waals surface area contributed by atoms with Crippen LogP contribution in [0.2, 0.25) is 0 Å². The van der Waals surface area contributed by atoms with Crippen molar-refractivity contribution in [3.05, 3.63) is 40.3 Å². The molecule has 6 heteroatoms. The van der Waals surface area contributed by atoms with Crippen molar-refractivity contribution in [3.8, 4) is 0 Å². The second kappa shape index (κ2) is 6.41. The maximum Gasteiger partial charge on any atom is 0.227 e. The highest BCUT2D eigenvalue weighted by Crippen LogP contribution is 2.25. The minimum Gasteiger partial charge on any atom is -0.312 e. The summed E-state index contributed by atoms with van der Waals surface area (Å²) in [5, 5.41) is 3.56. The lowest BCUT2D eigenvalue weighted by Gasteiger charge is -2.17. The van der Waals surface area contributed by atoms with Crippen molar-refractivity contribution in [2.75, 3.05) is 32.1 Å². The number of rotatable bonds is 5. The second-order valence-corrected chi connectivity index (χ2v) is 5.39. The molecule has 1 heterocycles. The van der Waals surface area contributed by atoms with E-state index in [0.29, 0.717) is 19.5 Å². The molecule has 1 aliphatic rings. The van der Waals surface area contributed by atoms with Crippen LogP contribution >= 0.6 is 0 Å². The number of hydrogen-bond acceptors (Lipinski definition) is 3. The van der Waals surface area contributed by atoms with Gasteiger partial charge in [-0.2, -0.15) is 0 Å². The van der Waals surface area contributed by atoms with E-state index < -0.39 is 0 Å². The molecule has 1 aliphatic heterocycles. The molecule has 0 radical (unpaired) electrons. The number of carbonyl (C=O) groups excluding carboxylic acids is 1. The summed E-state index contributed by atoms with van der Waals surface area (Å²) in [7, 11) is 4.05. The van der Waals surface area contributed by atoms with Gasteiger partial charge >= 0.3 is 0 Å². The fourth-order valence-electron chi connectivity index (χ4n) is 2.45. The quantitative estimate of drug-likeness (QED) is 0.469. The first kappa shape index (κ1) is 14.4. The third kappa shape index (κ3) is 3.50. The predicted octanol–water partition coefficient (Wildman–Crippen LogP) is 2.41. The van der Waals surface area contributed by atoms with E-state index in [2.05, 4.69) is 14.9 Å². The van der Waals surface area contributed by atoms with Crippen LogP contribution in [0.5, 0.6) is 0 Å². The minimum atomic E-state index is 0.100. The first-order valence-electron chi connectivity index (χ1n) is 6.65. The Kier molecular flexibility index (Phi) is 4.61. The zero-order chi connectivity index (χ0) is 14.5. The average Bonchev–Trinajstić information content (AvgIpc) is 2.78. The SMILES string of the molecule is CN(C)Cc1ccc(N2CC(CN=[N+]=[N-])CC2=O)cc1. The number of anilines is 1. The summed E-state index contributed by atoms with van der Waals surface area (Å²) in [6, 6.07) is 8.05. The van der Waals surface area contributed by atoms with Crippen LogP contribution in [0.3, 0.4) is 0 Å². The molecule has 1 atom stereocenters. The molecule has 1 saturated heterocycles. The largest absolute Gasteiger partial charge is 0.312 e. The summed E-state index contributed by atoms with van der Waals surface area (Å²) in [5.74, 6) is 0.225. The van der Waals surface area contributed by atoms with E-state index in [1.807, 2.05) is 38.4 Å². The minimum absolute atomic E-state index is 0.100. The molecule has 0 spiro atoms. The van der Waals surface area contributed by atoms with Gasteiger partial charge in [0.05, 0.1) is 0 Å². The Morgan fingerprint density at radius 1 is 1.40 bits per heavy atom. The van der Waals surface area contributed by atoms with Gasteiger partial charge in [-0.15, -0.1) is 0 Å². The van der Waals surface area contributed by atoms with E-state index in [0.717, 1.165) is 12.2 Å².